The van der Waals surface area contributed by atoms with Crippen molar-refractivity contribution in [1.82, 2.24) is 4.90 Å². The largest absolute Gasteiger partial charge is 0.454 e. The van der Waals surface area contributed by atoms with Gasteiger partial charge in [0.25, 0.3) is 5.91 Å². The molecule has 0 unspecified atom stereocenters. The summed E-state index contributed by atoms with van der Waals surface area (Å²) >= 11 is 16.1. The number of benzene rings is 1. The fourth-order valence-electron chi connectivity index (χ4n) is 5.10. The van der Waals surface area contributed by atoms with Gasteiger partial charge in [0.2, 0.25) is 11.8 Å². The summed E-state index contributed by atoms with van der Waals surface area (Å²) in [6.45, 7) is 2.76. The molecule has 1 N–H and O–H groups in total. The van der Waals surface area contributed by atoms with Gasteiger partial charge in [-0.3, -0.25) is 24.1 Å². The van der Waals surface area contributed by atoms with Crippen LogP contribution in [0.2, 0.25) is 0 Å². The Morgan fingerprint density at radius 1 is 1.10 bits per heavy atom. The van der Waals surface area contributed by atoms with Crippen LogP contribution in [0.4, 0.5) is 5.69 Å². The van der Waals surface area contributed by atoms with Crippen molar-refractivity contribution in [3.63, 3.8) is 0 Å². The third-order valence-electron chi connectivity index (χ3n) is 6.45. The van der Waals surface area contributed by atoms with Crippen LogP contribution >= 0.6 is 39.1 Å². The van der Waals surface area contributed by atoms with Gasteiger partial charge in [-0.1, -0.05) is 15.9 Å². The molecule has 166 valence electrons. The summed E-state index contributed by atoms with van der Waals surface area (Å²) in [5, 5.41) is 1.95. The molecule has 2 saturated carbocycles. The summed E-state index contributed by atoms with van der Waals surface area (Å²) in [5.74, 6) is -3.49. The Morgan fingerprint density at radius 2 is 1.61 bits per heavy atom. The van der Waals surface area contributed by atoms with Crippen LogP contribution in [0.15, 0.2) is 16.6 Å². The summed E-state index contributed by atoms with van der Waals surface area (Å²) in [7, 11) is 0. The zero-order valence-electron chi connectivity index (χ0n) is 16.9. The van der Waals surface area contributed by atoms with Gasteiger partial charge in [-0.05, 0) is 55.4 Å². The van der Waals surface area contributed by atoms with Gasteiger partial charge in [-0.2, -0.15) is 0 Å². The summed E-state index contributed by atoms with van der Waals surface area (Å²) in [4.78, 5) is 50.8. The summed E-state index contributed by atoms with van der Waals surface area (Å²) in [6.07, 6.45) is 0.655. The Labute approximate surface area is 197 Å². The van der Waals surface area contributed by atoms with Crippen LogP contribution in [0.5, 0.6) is 0 Å². The number of alkyl halides is 2. The second kappa shape index (κ2) is 8.37. The van der Waals surface area contributed by atoms with Gasteiger partial charge in [0.15, 0.2) is 6.61 Å². The lowest BCUT2D eigenvalue weighted by Crippen LogP contribution is -2.38. The molecule has 0 aromatic heterocycles. The molecule has 1 heterocycles. The lowest BCUT2D eigenvalue weighted by Gasteiger charge is -2.28. The predicted octanol–water partition coefficient (Wildman–Crippen LogP) is 3.01. The highest BCUT2D eigenvalue weighted by atomic mass is 79.9. The standard InChI is InChI=1S/C21H21BrCl2N2O5/c1-8-3-10(4-9(2)17(8)22)25-13(27)7-31-14(28)6-26-20(29)15-11-5-12(16(15)21(26)30)19(24)18(11)23/h3-4,11-12,15-16,18-19H,5-7H2,1-2H3,(H,25,27)/t11-,12-,15-,16+,18-,19+/m1/s1. The lowest BCUT2D eigenvalue weighted by atomic mass is 9.80. The van der Waals surface area contributed by atoms with Gasteiger partial charge < -0.3 is 10.1 Å². The van der Waals surface area contributed by atoms with E-state index >= 15 is 0 Å². The zero-order valence-corrected chi connectivity index (χ0v) is 20.0. The smallest absolute Gasteiger partial charge is 0.326 e. The van der Waals surface area contributed by atoms with Crippen molar-refractivity contribution in [2.24, 2.45) is 23.7 Å². The van der Waals surface area contributed by atoms with E-state index in [4.69, 9.17) is 27.9 Å². The van der Waals surface area contributed by atoms with Crippen LogP contribution in [-0.4, -0.2) is 52.5 Å². The van der Waals surface area contributed by atoms with Crippen molar-refractivity contribution in [2.45, 2.75) is 31.0 Å². The number of halogens is 3. The van der Waals surface area contributed by atoms with Crippen molar-refractivity contribution < 1.29 is 23.9 Å². The first-order valence-corrected chi connectivity index (χ1v) is 11.6. The summed E-state index contributed by atoms with van der Waals surface area (Å²) < 4.78 is 5.95. The number of hydrogen-bond acceptors (Lipinski definition) is 5. The number of ether oxygens (including phenoxy) is 1. The number of hydrogen-bond donors (Lipinski definition) is 1. The van der Waals surface area contributed by atoms with Gasteiger partial charge in [0.05, 0.1) is 22.6 Å². The average Bonchev–Trinajstić information content (AvgIpc) is 3.31. The highest BCUT2D eigenvalue weighted by Gasteiger charge is 2.66. The molecule has 0 radical (unpaired) electrons. The number of aryl methyl sites for hydroxylation is 2. The molecule has 1 aliphatic heterocycles. The number of nitrogens with one attached hydrogen (secondary N) is 1. The van der Waals surface area contributed by atoms with Gasteiger partial charge in [-0.15, -0.1) is 23.2 Å². The minimum atomic E-state index is -0.822. The molecular formula is C21H21BrCl2N2O5. The molecule has 3 amide bonds. The van der Waals surface area contributed by atoms with Crippen LogP contribution < -0.4 is 5.32 Å². The monoisotopic (exact) mass is 530 g/mol. The topological polar surface area (TPSA) is 92.8 Å². The van der Waals surface area contributed by atoms with E-state index in [-0.39, 0.29) is 22.6 Å². The molecule has 1 aromatic rings. The minimum Gasteiger partial charge on any atom is -0.454 e. The molecular weight excluding hydrogens is 511 g/mol. The molecule has 6 atom stereocenters. The fraction of sp³-hybridized carbons (Fsp3) is 0.524. The number of fused-ring (bicyclic) bond motifs is 5. The first kappa shape index (κ1) is 22.6. The maximum absolute atomic E-state index is 12.8. The molecule has 10 heteroatoms. The van der Waals surface area contributed by atoms with Crippen LogP contribution in [0.3, 0.4) is 0 Å². The quantitative estimate of drug-likeness (QED) is 0.358. The lowest BCUT2D eigenvalue weighted by molar-refractivity contribution is -0.154. The van der Waals surface area contributed by atoms with E-state index in [1.807, 2.05) is 13.8 Å². The SMILES string of the molecule is Cc1cc(NC(=O)COC(=O)CN2C(=O)[C@@H]3[C@H]4C[C@@H]([C@H](Cl)[C@@H]4Cl)[C@@H]3C2=O)cc(C)c1Br. The number of anilines is 1. The third kappa shape index (κ3) is 3.87. The van der Waals surface area contributed by atoms with Crippen molar-refractivity contribution in [3.8, 4) is 0 Å². The molecule has 2 aliphatic carbocycles. The van der Waals surface area contributed by atoms with E-state index in [0.717, 1.165) is 20.5 Å². The Hall–Kier alpha value is -1.64. The Bertz CT molecular complexity index is 932. The molecule has 1 aromatic carbocycles. The summed E-state index contributed by atoms with van der Waals surface area (Å²) in [5.41, 5.74) is 2.49. The maximum atomic E-state index is 12.8. The normalized spacial score (nSPS) is 31.2. The molecule has 0 spiro atoms. The van der Waals surface area contributed by atoms with E-state index in [1.165, 1.54) is 0 Å². The van der Waals surface area contributed by atoms with E-state index < -0.39 is 48.7 Å². The number of esters is 1. The van der Waals surface area contributed by atoms with Crippen molar-refractivity contribution in [1.29, 1.82) is 0 Å². The van der Waals surface area contributed by atoms with Gasteiger partial charge >= 0.3 is 5.97 Å². The van der Waals surface area contributed by atoms with E-state index in [9.17, 15) is 19.2 Å². The predicted molar refractivity (Wildman–Crippen MR) is 118 cm³/mol. The number of carbonyl (C=O) groups excluding carboxylic acids is 4. The van der Waals surface area contributed by atoms with E-state index in [2.05, 4.69) is 21.2 Å². The third-order valence-corrected chi connectivity index (χ3v) is 9.02. The number of rotatable bonds is 5. The number of amides is 3. The average molecular weight is 532 g/mol. The Balaban J connectivity index is 1.32. The van der Waals surface area contributed by atoms with Crippen LogP contribution in [-0.2, 0) is 23.9 Å². The second-order valence-electron chi connectivity index (χ2n) is 8.40. The minimum absolute atomic E-state index is 0.153. The highest BCUT2D eigenvalue weighted by Crippen LogP contribution is 2.59. The summed E-state index contributed by atoms with van der Waals surface area (Å²) in [6, 6.07) is 3.58. The van der Waals surface area contributed by atoms with E-state index in [1.54, 1.807) is 12.1 Å². The molecule has 2 bridgehead atoms. The first-order chi connectivity index (χ1) is 14.6. The maximum Gasteiger partial charge on any atom is 0.326 e. The molecule has 3 aliphatic rings. The number of carbonyl (C=O) groups is 4. The number of likely N-dealkylation sites (tertiary alicyclic amines) is 1. The van der Waals surface area contributed by atoms with Crippen molar-refractivity contribution in [2.75, 3.05) is 18.5 Å². The Kier molecular flexibility index (Phi) is 6.09. The van der Waals surface area contributed by atoms with Gasteiger partial charge in [0.1, 0.15) is 6.54 Å². The van der Waals surface area contributed by atoms with E-state index in [0.29, 0.717) is 12.1 Å². The number of imide groups is 1. The number of nitrogens with zero attached hydrogens (tertiary/aromatic N) is 1. The zero-order chi connectivity index (χ0) is 22.6. The highest BCUT2D eigenvalue weighted by molar-refractivity contribution is 9.10. The molecule has 3 fully saturated rings. The van der Waals surface area contributed by atoms with Gasteiger partial charge in [-0.25, -0.2) is 0 Å². The molecule has 7 nitrogen and oxygen atoms in total. The Morgan fingerprint density at radius 3 is 2.13 bits per heavy atom. The van der Waals surface area contributed by atoms with Crippen LogP contribution in [0, 0.1) is 37.5 Å². The molecule has 31 heavy (non-hydrogen) atoms. The van der Waals surface area contributed by atoms with Crippen LogP contribution in [0.1, 0.15) is 17.5 Å². The van der Waals surface area contributed by atoms with Crippen molar-refractivity contribution >= 4 is 68.5 Å². The first-order valence-electron chi connectivity index (χ1n) is 9.95. The molecule has 4 rings (SSSR count). The molecule has 1 saturated heterocycles. The second-order valence-corrected chi connectivity index (χ2v) is 10.2. The van der Waals surface area contributed by atoms with Crippen LogP contribution in [0.25, 0.3) is 0 Å². The van der Waals surface area contributed by atoms with Gasteiger partial charge in [0, 0.05) is 10.2 Å². The van der Waals surface area contributed by atoms with Crippen molar-refractivity contribution in [3.05, 3.63) is 27.7 Å². The fourth-order valence-corrected chi connectivity index (χ4v) is 6.22.